The second-order valence-electron chi connectivity index (χ2n) is 8.58. The number of carbonyl (C=O) groups excluding carboxylic acids is 1. The molecule has 2 aliphatic heterocycles. The molecule has 3 aromatic heterocycles. The van der Waals surface area contributed by atoms with Crippen LogP contribution in [0.2, 0.25) is 0 Å². The molecule has 1 saturated heterocycles. The van der Waals surface area contributed by atoms with Gasteiger partial charge in [-0.05, 0) is 56.3 Å². The number of aromatic nitrogens is 3. The summed E-state index contributed by atoms with van der Waals surface area (Å²) in [5, 5.41) is 6.85. The molecule has 1 atom stereocenters. The fraction of sp³-hybridized carbons (Fsp3) is 0.417. The zero-order valence-electron chi connectivity index (χ0n) is 18.4. The molecule has 5 rings (SSSR count). The van der Waals surface area contributed by atoms with Gasteiger partial charge in [0.2, 0.25) is 0 Å². The highest BCUT2D eigenvalue weighted by Gasteiger charge is 2.21. The van der Waals surface area contributed by atoms with Gasteiger partial charge in [-0.3, -0.25) is 9.78 Å². The third kappa shape index (κ3) is 5.10. The van der Waals surface area contributed by atoms with E-state index in [9.17, 15) is 9.59 Å². The number of nitrogens with zero attached hydrogens (tertiary/aromatic N) is 4. The van der Waals surface area contributed by atoms with Gasteiger partial charge in [0.15, 0.2) is 0 Å². The van der Waals surface area contributed by atoms with Crippen molar-refractivity contribution in [1.29, 1.82) is 0 Å². The van der Waals surface area contributed by atoms with E-state index >= 15 is 0 Å². The van der Waals surface area contributed by atoms with Gasteiger partial charge in [0, 0.05) is 48.6 Å². The summed E-state index contributed by atoms with van der Waals surface area (Å²) in [6.07, 6.45) is 4.84. The number of fused-ring (bicyclic) bond motifs is 2. The van der Waals surface area contributed by atoms with Gasteiger partial charge >= 0.3 is 0 Å². The molecule has 0 spiro atoms. The Balaban J connectivity index is 1.11. The van der Waals surface area contributed by atoms with Gasteiger partial charge in [-0.1, -0.05) is 0 Å². The Hall–Kier alpha value is -2.75. The lowest BCUT2D eigenvalue weighted by Crippen LogP contribution is -2.43. The third-order valence-corrected chi connectivity index (χ3v) is 7.54. The van der Waals surface area contributed by atoms with Crippen molar-refractivity contribution in [3.8, 4) is 0 Å². The maximum absolute atomic E-state index is 12.4. The topological polar surface area (TPSA) is 92.2 Å². The number of nitrogens with one attached hydrogen (secondary N) is 2. The van der Waals surface area contributed by atoms with Crippen LogP contribution in [0.1, 0.15) is 18.5 Å². The van der Waals surface area contributed by atoms with Crippen LogP contribution in [0.25, 0.3) is 11.0 Å². The first-order chi connectivity index (χ1) is 16.2. The number of rotatable bonds is 7. The van der Waals surface area contributed by atoms with Crippen LogP contribution in [-0.4, -0.2) is 63.2 Å². The zero-order valence-corrected chi connectivity index (χ0v) is 19.3. The smallest absolute Gasteiger partial charge is 0.251 e. The Morgan fingerprint density at radius 2 is 2.03 bits per heavy atom. The van der Waals surface area contributed by atoms with Gasteiger partial charge in [-0.15, -0.1) is 11.8 Å². The molecule has 0 amide bonds. The summed E-state index contributed by atoms with van der Waals surface area (Å²) in [5.41, 5.74) is 2.76. The number of pyridine rings is 3. The number of carbonyl (C=O) groups is 1. The molecule has 0 bridgehead atoms. The minimum atomic E-state index is -0.163. The molecule has 0 saturated carbocycles. The van der Waals surface area contributed by atoms with Crippen molar-refractivity contribution in [3.63, 3.8) is 0 Å². The van der Waals surface area contributed by atoms with Crippen molar-refractivity contribution in [2.45, 2.75) is 42.9 Å². The molecular weight excluding hydrogens is 436 g/mol. The van der Waals surface area contributed by atoms with Crippen LogP contribution in [0.3, 0.4) is 0 Å². The molecule has 1 unspecified atom stereocenters. The molecule has 2 aliphatic rings. The lowest BCUT2D eigenvalue weighted by molar-refractivity contribution is -0.108. The van der Waals surface area contributed by atoms with Gasteiger partial charge in [0.25, 0.3) is 5.56 Å². The predicted octanol–water partition coefficient (Wildman–Crippen LogP) is 2.13. The number of hydrogen-bond acceptors (Lipinski definition) is 8. The zero-order chi connectivity index (χ0) is 22.6. The van der Waals surface area contributed by atoms with Gasteiger partial charge in [0.05, 0.1) is 22.8 Å². The average molecular weight is 465 g/mol. The molecular formula is C24H28N6O2S. The van der Waals surface area contributed by atoms with Crippen LogP contribution in [0.4, 0.5) is 5.82 Å². The minimum absolute atomic E-state index is 0.0250. The van der Waals surface area contributed by atoms with Crippen LogP contribution in [0.5, 0.6) is 0 Å². The van der Waals surface area contributed by atoms with Crippen molar-refractivity contribution in [2.24, 2.45) is 0 Å². The van der Waals surface area contributed by atoms with E-state index in [0.717, 1.165) is 72.0 Å². The molecule has 5 heterocycles. The van der Waals surface area contributed by atoms with E-state index in [1.807, 2.05) is 16.7 Å². The fourth-order valence-corrected chi connectivity index (χ4v) is 5.41. The first-order valence-electron chi connectivity index (χ1n) is 11.4. The number of thioether (sulfide) groups is 1. The Morgan fingerprint density at radius 3 is 2.88 bits per heavy atom. The summed E-state index contributed by atoms with van der Waals surface area (Å²) in [6.45, 7) is 4.26. The molecule has 1 fully saturated rings. The third-order valence-electron chi connectivity index (χ3n) is 6.38. The van der Waals surface area contributed by atoms with Crippen LogP contribution in [0, 0.1) is 0 Å². The summed E-state index contributed by atoms with van der Waals surface area (Å²) < 4.78 is 1.83. The van der Waals surface area contributed by atoms with Gasteiger partial charge in [0.1, 0.15) is 12.1 Å². The SMILES string of the molecule is O=CC1CSc2ccc(CNC3CCN(CCn4c(=O)ccc5ncccc54)CC3)nc2N1. The number of aldehydes is 1. The molecule has 9 heteroatoms. The monoisotopic (exact) mass is 464 g/mol. The van der Waals surface area contributed by atoms with Crippen molar-refractivity contribution < 1.29 is 4.79 Å². The van der Waals surface area contributed by atoms with Crippen LogP contribution < -0.4 is 16.2 Å². The lowest BCUT2D eigenvalue weighted by Gasteiger charge is -2.32. The average Bonchev–Trinajstić information content (AvgIpc) is 2.87. The Kier molecular flexibility index (Phi) is 6.70. The number of anilines is 1. The fourth-order valence-electron chi connectivity index (χ4n) is 4.48. The lowest BCUT2D eigenvalue weighted by atomic mass is 10.0. The standard InChI is InChI=1S/C24H28N6O2S/c31-15-19-16-33-22-5-3-18(27-24(22)28-19)14-26-17-7-10-29(11-8-17)12-13-30-21-2-1-9-25-20(21)4-6-23(30)32/h1-6,9,15,17,19,26H,7-8,10-14,16H2,(H,27,28). The second-order valence-corrected chi connectivity index (χ2v) is 9.64. The van der Waals surface area contributed by atoms with Crippen LogP contribution >= 0.6 is 11.8 Å². The normalized spacial score (nSPS) is 19.2. The summed E-state index contributed by atoms with van der Waals surface area (Å²) in [4.78, 5) is 36.1. The minimum Gasteiger partial charge on any atom is -0.359 e. The molecule has 0 aromatic carbocycles. The summed E-state index contributed by atoms with van der Waals surface area (Å²) >= 11 is 1.67. The maximum Gasteiger partial charge on any atom is 0.251 e. The summed E-state index contributed by atoms with van der Waals surface area (Å²) in [5.74, 6) is 1.57. The van der Waals surface area contributed by atoms with Gasteiger partial charge in [-0.2, -0.15) is 0 Å². The maximum atomic E-state index is 12.4. The highest BCUT2D eigenvalue weighted by molar-refractivity contribution is 7.99. The highest BCUT2D eigenvalue weighted by Crippen LogP contribution is 2.31. The molecule has 0 aliphatic carbocycles. The quantitative estimate of drug-likeness (QED) is 0.514. The molecule has 0 radical (unpaired) electrons. The largest absolute Gasteiger partial charge is 0.359 e. The predicted molar refractivity (Wildman–Crippen MR) is 131 cm³/mol. The Labute approximate surface area is 196 Å². The highest BCUT2D eigenvalue weighted by atomic mass is 32.2. The number of piperidine rings is 1. The molecule has 8 nitrogen and oxygen atoms in total. The van der Waals surface area contributed by atoms with Crippen LogP contribution in [-0.2, 0) is 17.9 Å². The first kappa shape index (κ1) is 22.1. The van der Waals surface area contributed by atoms with Crippen molar-refractivity contribution in [2.75, 3.05) is 30.7 Å². The van der Waals surface area contributed by atoms with Gasteiger partial charge in [-0.25, -0.2) is 4.98 Å². The molecule has 33 heavy (non-hydrogen) atoms. The van der Waals surface area contributed by atoms with E-state index in [4.69, 9.17) is 4.98 Å². The number of likely N-dealkylation sites (tertiary alicyclic amines) is 1. The van der Waals surface area contributed by atoms with Gasteiger partial charge < -0.3 is 24.9 Å². The summed E-state index contributed by atoms with van der Waals surface area (Å²) in [7, 11) is 0. The molecule has 2 N–H and O–H groups in total. The van der Waals surface area contributed by atoms with Crippen molar-refractivity contribution in [1.82, 2.24) is 24.8 Å². The van der Waals surface area contributed by atoms with E-state index in [0.29, 0.717) is 19.1 Å². The number of hydrogen-bond donors (Lipinski definition) is 2. The van der Waals surface area contributed by atoms with E-state index in [1.165, 1.54) is 0 Å². The first-order valence-corrected chi connectivity index (χ1v) is 12.4. The Bertz CT molecular complexity index is 1190. The van der Waals surface area contributed by atoms with Crippen molar-refractivity contribution >= 4 is 34.9 Å². The molecule has 3 aromatic rings. The van der Waals surface area contributed by atoms with E-state index in [2.05, 4.69) is 32.7 Å². The van der Waals surface area contributed by atoms with Crippen molar-refractivity contribution in [3.05, 3.63) is 58.6 Å². The summed E-state index contributed by atoms with van der Waals surface area (Å²) in [6, 6.07) is 11.7. The molecule has 172 valence electrons. The van der Waals surface area contributed by atoms with E-state index in [1.54, 1.807) is 30.1 Å². The Morgan fingerprint density at radius 1 is 1.15 bits per heavy atom. The van der Waals surface area contributed by atoms with E-state index in [-0.39, 0.29) is 11.6 Å². The van der Waals surface area contributed by atoms with Crippen LogP contribution in [0.15, 0.2) is 52.3 Å². The van der Waals surface area contributed by atoms with E-state index < -0.39 is 0 Å². The second kappa shape index (κ2) is 10.0.